The third-order valence-corrected chi connectivity index (χ3v) is 3.10. The van der Waals surface area contributed by atoms with Crippen LogP contribution >= 0.6 is 11.6 Å². The molecule has 6 heteroatoms. The summed E-state index contributed by atoms with van der Waals surface area (Å²) in [6.45, 7) is 3.92. The lowest BCUT2D eigenvalue weighted by Gasteiger charge is -2.16. The molecule has 1 N–H and O–H groups in total. The fraction of sp³-hybridized carbons (Fsp3) is 0.533. The van der Waals surface area contributed by atoms with Crippen molar-refractivity contribution >= 4 is 17.6 Å². The summed E-state index contributed by atoms with van der Waals surface area (Å²) < 4.78 is 15.7. The molecule has 0 heterocycles. The van der Waals surface area contributed by atoms with Crippen molar-refractivity contribution in [1.82, 2.24) is 5.32 Å². The second-order valence-corrected chi connectivity index (χ2v) is 4.84. The molecule has 0 saturated carbocycles. The zero-order valence-electron chi connectivity index (χ0n) is 12.7. The van der Waals surface area contributed by atoms with E-state index in [1.165, 1.54) is 7.11 Å². The van der Waals surface area contributed by atoms with Crippen molar-refractivity contribution in [2.45, 2.75) is 26.3 Å². The number of methoxy groups -OCH3 is 2. The van der Waals surface area contributed by atoms with Gasteiger partial charge in [0.2, 0.25) is 0 Å². The van der Waals surface area contributed by atoms with Gasteiger partial charge in [-0.3, -0.25) is 4.79 Å². The van der Waals surface area contributed by atoms with E-state index in [2.05, 4.69) is 10.1 Å². The molecular weight excluding hydrogens is 294 g/mol. The van der Waals surface area contributed by atoms with Gasteiger partial charge in [-0.2, -0.15) is 0 Å². The van der Waals surface area contributed by atoms with Crippen LogP contribution in [-0.4, -0.2) is 33.3 Å². The molecule has 0 aromatic heterocycles. The summed E-state index contributed by atoms with van der Waals surface area (Å²) in [5.74, 6) is 1.01. The maximum Gasteiger partial charge on any atom is 0.305 e. The Balaban J connectivity index is 2.74. The van der Waals surface area contributed by atoms with E-state index in [1.54, 1.807) is 13.2 Å². The van der Waals surface area contributed by atoms with Crippen molar-refractivity contribution in [3.63, 3.8) is 0 Å². The standard InChI is InChI=1S/C15H22ClNO4/c1-4-17-10-11-8-12(16)9-13(19-2)15(11)21-7-5-6-14(18)20-3/h8-9,17H,4-7,10H2,1-3H3. The van der Waals surface area contributed by atoms with Gasteiger partial charge in [0.15, 0.2) is 11.5 Å². The molecule has 0 fully saturated rings. The van der Waals surface area contributed by atoms with Gasteiger partial charge >= 0.3 is 5.97 Å². The molecule has 1 aromatic carbocycles. The Morgan fingerprint density at radius 3 is 2.71 bits per heavy atom. The van der Waals surface area contributed by atoms with E-state index >= 15 is 0 Å². The minimum Gasteiger partial charge on any atom is -0.493 e. The molecule has 0 bridgehead atoms. The van der Waals surface area contributed by atoms with Gasteiger partial charge in [0.1, 0.15) is 0 Å². The number of ether oxygens (including phenoxy) is 3. The van der Waals surface area contributed by atoms with Crippen LogP contribution in [0.25, 0.3) is 0 Å². The summed E-state index contributed by atoms with van der Waals surface area (Å²) >= 11 is 6.08. The van der Waals surface area contributed by atoms with E-state index in [0.29, 0.717) is 42.5 Å². The van der Waals surface area contributed by atoms with Gasteiger partial charge in [-0.15, -0.1) is 0 Å². The third-order valence-electron chi connectivity index (χ3n) is 2.88. The van der Waals surface area contributed by atoms with E-state index in [-0.39, 0.29) is 5.97 Å². The van der Waals surface area contributed by atoms with E-state index in [0.717, 1.165) is 12.1 Å². The average Bonchev–Trinajstić information content (AvgIpc) is 2.49. The molecule has 0 aliphatic carbocycles. The molecule has 0 aliphatic heterocycles. The van der Waals surface area contributed by atoms with Crippen LogP contribution in [0, 0.1) is 0 Å². The zero-order chi connectivity index (χ0) is 15.7. The zero-order valence-corrected chi connectivity index (χ0v) is 13.5. The maximum absolute atomic E-state index is 11.1. The topological polar surface area (TPSA) is 56.8 Å². The van der Waals surface area contributed by atoms with Crippen molar-refractivity contribution in [2.75, 3.05) is 27.4 Å². The number of esters is 1. The molecule has 0 radical (unpaired) electrons. The molecule has 21 heavy (non-hydrogen) atoms. The van der Waals surface area contributed by atoms with Gasteiger partial charge in [-0.05, 0) is 19.0 Å². The van der Waals surface area contributed by atoms with Crippen molar-refractivity contribution in [1.29, 1.82) is 0 Å². The maximum atomic E-state index is 11.1. The summed E-state index contributed by atoms with van der Waals surface area (Å²) in [6, 6.07) is 3.56. The van der Waals surface area contributed by atoms with Crippen molar-refractivity contribution in [3.05, 3.63) is 22.7 Å². The molecule has 1 aromatic rings. The largest absolute Gasteiger partial charge is 0.493 e. The van der Waals surface area contributed by atoms with Crippen LogP contribution in [0.2, 0.25) is 5.02 Å². The lowest BCUT2D eigenvalue weighted by Crippen LogP contribution is -2.14. The first-order valence-electron chi connectivity index (χ1n) is 6.89. The summed E-state index contributed by atoms with van der Waals surface area (Å²) in [7, 11) is 2.95. The predicted molar refractivity (Wildman–Crippen MR) is 82.1 cm³/mol. The van der Waals surface area contributed by atoms with Crippen molar-refractivity contribution < 1.29 is 19.0 Å². The highest BCUT2D eigenvalue weighted by atomic mass is 35.5. The summed E-state index contributed by atoms with van der Waals surface area (Å²) in [5.41, 5.74) is 0.930. The van der Waals surface area contributed by atoms with E-state index in [9.17, 15) is 4.79 Å². The first kappa shape index (κ1) is 17.6. The average molecular weight is 316 g/mol. The number of rotatable bonds is 9. The van der Waals surface area contributed by atoms with Crippen molar-refractivity contribution in [3.8, 4) is 11.5 Å². The fourth-order valence-corrected chi connectivity index (χ4v) is 2.05. The third kappa shape index (κ3) is 5.81. The summed E-state index contributed by atoms with van der Waals surface area (Å²) in [5, 5.41) is 3.83. The number of nitrogens with one attached hydrogen (secondary N) is 1. The molecule has 0 aliphatic rings. The number of carbonyl (C=O) groups is 1. The van der Waals surface area contributed by atoms with Gasteiger partial charge in [0.25, 0.3) is 0 Å². The van der Waals surface area contributed by atoms with Crippen LogP contribution in [0.3, 0.4) is 0 Å². The Morgan fingerprint density at radius 2 is 2.10 bits per heavy atom. The quantitative estimate of drug-likeness (QED) is 0.561. The molecule has 0 saturated heterocycles. The second-order valence-electron chi connectivity index (χ2n) is 4.40. The molecule has 0 unspecified atom stereocenters. The number of carbonyl (C=O) groups excluding carboxylic acids is 1. The highest BCUT2D eigenvalue weighted by Gasteiger charge is 2.13. The summed E-state index contributed by atoms with van der Waals surface area (Å²) in [6.07, 6.45) is 0.911. The van der Waals surface area contributed by atoms with Crippen LogP contribution in [0.5, 0.6) is 11.5 Å². The second kappa shape index (κ2) is 9.47. The van der Waals surface area contributed by atoms with Crippen LogP contribution < -0.4 is 14.8 Å². The molecule has 0 atom stereocenters. The number of hydrogen-bond donors (Lipinski definition) is 1. The van der Waals surface area contributed by atoms with Gasteiger partial charge in [-0.25, -0.2) is 0 Å². The number of hydrogen-bond acceptors (Lipinski definition) is 5. The van der Waals surface area contributed by atoms with Gasteiger partial charge < -0.3 is 19.5 Å². The molecule has 1 rings (SSSR count). The van der Waals surface area contributed by atoms with Gasteiger partial charge in [-0.1, -0.05) is 18.5 Å². The van der Waals surface area contributed by atoms with Crippen molar-refractivity contribution in [2.24, 2.45) is 0 Å². The monoisotopic (exact) mass is 315 g/mol. The van der Waals surface area contributed by atoms with Gasteiger partial charge in [0, 0.05) is 29.6 Å². The Kier molecular flexibility index (Phi) is 7.93. The minimum atomic E-state index is -0.241. The van der Waals surface area contributed by atoms with Crippen LogP contribution in [0.4, 0.5) is 0 Å². The van der Waals surface area contributed by atoms with Crippen LogP contribution in [0.15, 0.2) is 12.1 Å². The van der Waals surface area contributed by atoms with Gasteiger partial charge in [0.05, 0.1) is 20.8 Å². The molecule has 0 amide bonds. The van der Waals surface area contributed by atoms with E-state index < -0.39 is 0 Å². The lowest BCUT2D eigenvalue weighted by atomic mass is 10.1. The molecular formula is C15H22ClNO4. The normalized spacial score (nSPS) is 10.3. The molecule has 118 valence electrons. The minimum absolute atomic E-state index is 0.241. The summed E-state index contributed by atoms with van der Waals surface area (Å²) in [4.78, 5) is 11.1. The molecule has 0 spiro atoms. The fourth-order valence-electron chi connectivity index (χ4n) is 1.82. The number of benzene rings is 1. The molecule has 5 nitrogen and oxygen atoms in total. The number of halogens is 1. The smallest absolute Gasteiger partial charge is 0.305 e. The Morgan fingerprint density at radius 1 is 1.33 bits per heavy atom. The SMILES string of the molecule is CCNCc1cc(Cl)cc(OC)c1OCCCC(=O)OC. The van der Waals surface area contributed by atoms with E-state index in [1.807, 2.05) is 13.0 Å². The lowest BCUT2D eigenvalue weighted by molar-refractivity contribution is -0.140. The van der Waals surface area contributed by atoms with Crippen LogP contribution in [-0.2, 0) is 16.1 Å². The highest BCUT2D eigenvalue weighted by molar-refractivity contribution is 6.30. The first-order chi connectivity index (χ1) is 10.1. The predicted octanol–water partition coefficient (Wildman–Crippen LogP) is 2.79. The Labute approximate surface area is 130 Å². The Hall–Kier alpha value is -1.46. The first-order valence-corrected chi connectivity index (χ1v) is 7.26. The van der Waals surface area contributed by atoms with E-state index in [4.69, 9.17) is 21.1 Å². The van der Waals surface area contributed by atoms with Crippen LogP contribution in [0.1, 0.15) is 25.3 Å². The Bertz CT molecular complexity index is 465. The highest BCUT2D eigenvalue weighted by Crippen LogP contribution is 2.34.